The zero-order chi connectivity index (χ0) is 24.1. The summed E-state index contributed by atoms with van der Waals surface area (Å²) in [5.41, 5.74) is 1.33. The van der Waals surface area contributed by atoms with Crippen LogP contribution in [0.5, 0.6) is 5.75 Å². The number of hydrogen-bond donors (Lipinski definition) is 0. The first kappa shape index (κ1) is 24.5. The van der Waals surface area contributed by atoms with Crippen molar-refractivity contribution < 1.29 is 36.0 Å². The number of carbonyl (C=O) groups is 1. The summed E-state index contributed by atoms with van der Waals surface area (Å²) in [6.45, 7) is -0.00433. The largest absolute Gasteiger partial charge is 0.573 e. The van der Waals surface area contributed by atoms with Gasteiger partial charge in [-0.15, -0.1) is 13.2 Å². The topological polar surface area (TPSA) is 88.5 Å². The van der Waals surface area contributed by atoms with Crippen LogP contribution in [0.2, 0.25) is 0 Å². The van der Waals surface area contributed by atoms with E-state index in [4.69, 9.17) is 4.84 Å². The molecule has 0 bridgehead atoms. The lowest BCUT2D eigenvalue weighted by atomic mass is 10.1. The smallest absolute Gasteiger partial charge is 0.406 e. The monoisotopic (exact) mass is 485 g/mol. The second-order valence-corrected chi connectivity index (χ2v) is 9.08. The fraction of sp³-hybridized carbons (Fsp3) is 0.333. The van der Waals surface area contributed by atoms with Crippen LogP contribution in [0.15, 0.2) is 64.6 Å². The summed E-state index contributed by atoms with van der Waals surface area (Å²) in [7, 11) is -2.26. The van der Waals surface area contributed by atoms with Crippen molar-refractivity contribution in [3.05, 3.63) is 54.6 Å². The van der Waals surface area contributed by atoms with Gasteiger partial charge in [0.1, 0.15) is 5.75 Å². The maximum absolute atomic E-state index is 12.7. The molecular formula is C21H22F3N3O5S. The molecule has 1 fully saturated rings. The maximum Gasteiger partial charge on any atom is 0.573 e. The lowest BCUT2D eigenvalue weighted by Crippen LogP contribution is -2.38. The normalized spacial score (nSPS) is 15.1. The minimum atomic E-state index is -4.85. The van der Waals surface area contributed by atoms with E-state index in [1.165, 1.54) is 9.21 Å². The Morgan fingerprint density at radius 3 is 2.24 bits per heavy atom. The molecule has 3 rings (SSSR count). The molecule has 0 unspecified atom stereocenters. The number of benzene rings is 2. The lowest BCUT2D eigenvalue weighted by Gasteiger charge is -2.26. The Morgan fingerprint density at radius 2 is 1.67 bits per heavy atom. The number of amides is 1. The van der Waals surface area contributed by atoms with Gasteiger partial charge in [-0.2, -0.15) is 4.31 Å². The van der Waals surface area contributed by atoms with Gasteiger partial charge < -0.3 is 14.5 Å². The molecule has 0 N–H and O–H groups in total. The predicted octanol–water partition coefficient (Wildman–Crippen LogP) is 3.41. The lowest BCUT2D eigenvalue weighted by molar-refractivity contribution is -0.274. The van der Waals surface area contributed by atoms with Gasteiger partial charge >= 0.3 is 6.36 Å². The maximum atomic E-state index is 12.7. The molecule has 1 saturated heterocycles. The van der Waals surface area contributed by atoms with Crippen molar-refractivity contribution >= 4 is 27.3 Å². The van der Waals surface area contributed by atoms with Crippen molar-refractivity contribution in [2.75, 3.05) is 31.6 Å². The SMILES string of the molecule is CN(C(=O)CON=C1CCN(S(=O)(=O)c2ccc(OC(F)(F)F)cc2)CC1)c1ccccc1. The molecule has 12 heteroatoms. The highest BCUT2D eigenvalue weighted by Gasteiger charge is 2.32. The molecule has 0 spiro atoms. The van der Waals surface area contributed by atoms with Gasteiger partial charge in [0.15, 0.2) is 6.61 Å². The van der Waals surface area contributed by atoms with E-state index in [1.807, 2.05) is 18.2 Å². The number of halogens is 3. The van der Waals surface area contributed by atoms with Crippen LogP contribution >= 0.6 is 0 Å². The fourth-order valence-electron chi connectivity index (χ4n) is 3.11. The van der Waals surface area contributed by atoms with Crippen LogP contribution < -0.4 is 9.64 Å². The van der Waals surface area contributed by atoms with Crippen molar-refractivity contribution in [2.45, 2.75) is 24.1 Å². The molecular weight excluding hydrogens is 463 g/mol. The van der Waals surface area contributed by atoms with E-state index in [-0.39, 0.29) is 30.5 Å². The number of piperidine rings is 1. The van der Waals surface area contributed by atoms with Gasteiger partial charge in [0.25, 0.3) is 5.91 Å². The summed E-state index contributed by atoms with van der Waals surface area (Å²) in [6, 6.07) is 13.1. The van der Waals surface area contributed by atoms with Gasteiger partial charge in [-0.1, -0.05) is 23.4 Å². The number of anilines is 1. The van der Waals surface area contributed by atoms with E-state index in [0.29, 0.717) is 18.6 Å². The number of hydrogen-bond acceptors (Lipinski definition) is 6. The van der Waals surface area contributed by atoms with E-state index in [0.717, 1.165) is 30.0 Å². The standard InChI is InChI=1S/C21H22F3N3O5S/c1-26(17-5-3-2-4-6-17)20(28)15-31-25-16-11-13-27(14-12-16)33(29,30)19-9-7-18(8-10-19)32-21(22,23)24/h2-10H,11-15H2,1H3. The number of likely N-dealkylation sites (N-methyl/N-ethyl adjacent to an activating group) is 1. The Bertz CT molecular complexity index is 1080. The molecule has 0 aromatic heterocycles. The van der Waals surface area contributed by atoms with Crippen molar-refractivity contribution in [1.29, 1.82) is 0 Å². The van der Waals surface area contributed by atoms with Crippen molar-refractivity contribution in [2.24, 2.45) is 5.16 Å². The second kappa shape index (κ2) is 10.2. The molecule has 0 atom stereocenters. The zero-order valence-corrected chi connectivity index (χ0v) is 18.5. The summed E-state index contributed by atoms with van der Waals surface area (Å²) < 4.78 is 67.3. The molecule has 0 radical (unpaired) electrons. The first-order chi connectivity index (χ1) is 15.6. The molecule has 2 aromatic rings. The van der Waals surface area contributed by atoms with Gasteiger partial charge in [0.2, 0.25) is 10.0 Å². The highest BCUT2D eigenvalue weighted by atomic mass is 32.2. The number of carbonyl (C=O) groups excluding carboxylic acids is 1. The number of alkyl halides is 3. The van der Waals surface area contributed by atoms with Crippen LogP contribution in [-0.4, -0.2) is 57.4 Å². The Labute approximate surface area is 189 Å². The van der Waals surface area contributed by atoms with Gasteiger partial charge in [-0.05, 0) is 36.4 Å². The van der Waals surface area contributed by atoms with Crippen LogP contribution in [-0.2, 0) is 19.7 Å². The summed E-state index contributed by atoms with van der Waals surface area (Å²) in [6.07, 6.45) is -4.25. The molecule has 0 aliphatic carbocycles. The highest BCUT2D eigenvalue weighted by molar-refractivity contribution is 7.89. The number of nitrogens with zero attached hydrogens (tertiary/aromatic N) is 3. The quantitative estimate of drug-likeness (QED) is 0.561. The molecule has 178 valence electrons. The number of ether oxygens (including phenoxy) is 1. The molecule has 1 amide bonds. The number of rotatable bonds is 7. The van der Waals surface area contributed by atoms with Crippen molar-refractivity contribution in [1.82, 2.24) is 4.31 Å². The highest BCUT2D eigenvalue weighted by Crippen LogP contribution is 2.26. The van der Waals surface area contributed by atoms with Crippen LogP contribution in [0.3, 0.4) is 0 Å². The van der Waals surface area contributed by atoms with Crippen LogP contribution in [0.25, 0.3) is 0 Å². The summed E-state index contributed by atoms with van der Waals surface area (Å²) in [5, 5.41) is 3.96. The first-order valence-electron chi connectivity index (χ1n) is 9.91. The minimum Gasteiger partial charge on any atom is -0.406 e. The van der Waals surface area contributed by atoms with E-state index in [2.05, 4.69) is 9.89 Å². The summed E-state index contributed by atoms with van der Waals surface area (Å²) in [5.74, 6) is -0.789. The zero-order valence-electron chi connectivity index (χ0n) is 17.7. The number of sulfonamides is 1. The molecule has 1 aliphatic heterocycles. The molecule has 1 heterocycles. The fourth-order valence-corrected chi connectivity index (χ4v) is 4.55. The van der Waals surface area contributed by atoms with Crippen LogP contribution in [0.4, 0.5) is 18.9 Å². The molecule has 0 saturated carbocycles. The second-order valence-electron chi connectivity index (χ2n) is 7.14. The van der Waals surface area contributed by atoms with E-state index >= 15 is 0 Å². The molecule has 2 aromatic carbocycles. The Kier molecular flexibility index (Phi) is 7.59. The first-order valence-corrected chi connectivity index (χ1v) is 11.4. The Balaban J connectivity index is 1.51. The van der Waals surface area contributed by atoms with Crippen LogP contribution in [0.1, 0.15) is 12.8 Å². The van der Waals surface area contributed by atoms with E-state index < -0.39 is 22.1 Å². The van der Waals surface area contributed by atoms with Gasteiger partial charge in [-0.3, -0.25) is 4.79 Å². The van der Waals surface area contributed by atoms with Gasteiger partial charge in [0, 0.05) is 38.7 Å². The van der Waals surface area contributed by atoms with E-state index in [9.17, 15) is 26.4 Å². The average molecular weight is 485 g/mol. The van der Waals surface area contributed by atoms with E-state index in [1.54, 1.807) is 19.2 Å². The van der Waals surface area contributed by atoms with Crippen LogP contribution in [0, 0.1) is 0 Å². The van der Waals surface area contributed by atoms with Crippen molar-refractivity contribution in [3.63, 3.8) is 0 Å². The third-order valence-electron chi connectivity index (χ3n) is 4.89. The van der Waals surface area contributed by atoms with Gasteiger partial charge in [0.05, 0.1) is 10.6 Å². The van der Waals surface area contributed by atoms with Crippen molar-refractivity contribution in [3.8, 4) is 5.75 Å². The summed E-state index contributed by atoms with van der Waals surface area (Å²) >= 11 is 0. The number of oxime groups is 1. The average Bonchev–Trinajstić information content (AvgIpc) is 2.78. The minimum absolute atomic E-state index is 0.128. The third kappa shape index (κ3) is 6.68. The predicted molar refractivity (Wildman–Crippen MR) is 114 cm³/mol. The Hall–Kier alpha value is -3.12. The molecule has 33 heavy (non-hydrogen) atoms. The van der Waals surface area contributed by atoms with Gasteiger partial charge in [-0.25, -0.2) is 8.42 Å². The molecule has 1 aliphatic rings. The number of para-hydroxylation sites is 1. The third-order valence-corrected chi connectivity index (χ3v) is 6.81. The summed E-state index contributed by atoms with van der Waals surface area (Å²) in [4.78, 5) is 18.7. The molecule has 8 nitrogen and oxygen atoms in total. The Morgan fingerprint density at radius 1 is 1.06 bits per heavy atom.